The van der Waals surface area contributed by atoms with Crippen molar-refractivity contribution in [1.29, 1.82) is 0 Å². The third-order valence-electron chi connectivity index (χ3n) is 11.4. The molecule has 2 unspecified atom stereocenters. The van der Waals surface area contributed by atoms with E-state index in [0.717, 1.165) is 31.6 Å². The molecular formula is C34H48O3. The molecule has 3 saturated carbocycles. The molecule has 0 aliphatic heterocycles. The number of benzene rings is 1. The third-order valence-corrected chi connectivity index (χ3v) is 11.4. The van der Waals surface area contributed by atoms with Gasteiger partial charge in [-0.15, -0.1) is 0 Å². The van der Waals surface area contributed by atoms with E-state index >= 15 is 0 Å². The van der Waals surface area contributed by atoms with Crippen LogP contribution in [0.25, 0.3) is 0 Å². The number of rotatable bonds is 8. The highest BCUT2D eigenvalue weighted by atomic mass is 16.5. The van der Waals surface area contributed by atoms with Crippen LogP contribution in [0.3, 0.4) is 0 Å². The summed E-state index contributed by atoms with van der Waals surface area (Å²) in [7, 11) is 0. The number of carbonyl (C=O) groups is 2. The molecular weight excluding hydrogens is 456 g/mol. The van der Waals surface area contributed by atoms with Crippen LogP contribution in [0.2, 0.25) is 0 Å². The summed E-state index contributed by atoms with van der Waals surface area (Å²) in [6.45, 7) is 10.1. The van der Waals surface area contributed by atoms with Crippen LogP contribution < -0.4 is 0 Å². The fraction of sp³-hybridized carbons (Fsp3) is 0.706. The summed E-state index contributed by atoms with van der Waals surface area (Å²) >= 11 is 0. The number of hydrogen-bond donors (Lipinski definition) is 0. The predicted octanol–water partition coefficient (Wildman–Crippen LogP) is 8.43. The van der Waals surface area contributed by atoms with Gasteiger partial charge in [0.1, 0.15) is 5.78 Å². The summed E-state index contributed by atoms with van der Waals surface area (Å²) in [5, 5.41) is 0. The van der Waals surface area contributed by atoms with Crippen molar-refractivity contribution >= 4 is 11.8 Å². The minimum Gasteiger partial charge on any atom is -0.462 e. The van der Waals surface area contributed by atoms with Crippen LogP contribution in [-0.4, -0.2) is 18.4 Å². The third kappa shape index (κ3) is 4.97. The number of ether oxygens (including phenoxy) is 1. The van der Waals surface area contributed by atoms with Crippen molar-refractivity contribution in [3.63, 3.8) is 0 Å². The van der Waals surface area contributed by atoms with E-state index in [0.29, 0.717) is 47.0 Å². The summed E-state index contributed by atoms with van der Waals surface area (Å²) in [5.74, 6) is 3.35. The molecule has 5 rings (SSSR count). The molecule has 0 saturated heterocycles. The number of carbonyl (C=O) groups excluding carboxylic acids is 2. The summed E-state index contributed by atoms with van der Waals surface area (Å²) < 4.78 is 5.55. The summed E-state index contributed by atoms with van der Waals surface area (Å²) in [4.78, 5) is 25.9. The van der Waals surface area contributed by atoms with Gasteiger partial charge in [-0.3, -0.25) is 4.79 Å². The van der Waals surface area contributed by atoms with E-state index < -0.39 is 0 Å². The fourth-order valence-electron chi connectivity index (χ4n) is 9.19. The second-order valence-corrected chi connectivity index (χ2v) is 13.7. The molecule has 4 aliphatic rings. The van der Waals surface area contributed by atoms with Crippen LogP contribution in [-0.2, 0) is 9.53 Å². The maximum atomic E-state index is 13.6. The second-order valence-electron chi connectivity index (χ2n) is 13.7. The minimum atomic E-state index is -0.231. The fourth-order valence-corrected chi connectivity index (χ4v) is 9.19. The van der Waals surface area contributed by atoms with Crippen molar-refractivity contribution < 1.29 is 14.3 Å². The molecule has 0 N–H and O–H groups in total. The van der Waals surface area contributed by atoms with Gasteiger partial charge in [0.25, 0.3) is 0 Å². The highest BCUT2D eigenvalue weighted by Crippen LogP contribution is 2.66. The molecule has 1 aromatic rings. The SMILES string of the molecule is CC(CCC[C@@H](C)[C@H]1CC(=O)[C@H]2C3=CCC4CCCC[C@]4(C)[C@H]3CC[C@@]21C)COC(=O)c1ccccc1. The second kappa shape index (κ2) is 10.7. The number of fused-ring (bicyclic) bond motifs is 5. The first-order chi connectivity index (χ1) is 17.7. The Hall–Kier alpha value is -1.90. The Bertz CT molecular complexity index is 1010. The van der Waals surface area contributed by atoms with Crippen molar-refractivity contribution in [3.05, 3.63) is 47.5 Å². The molecule has 202 valence electrons. The van der Waals surface area contributed by atoms with Gasteiger partial charge in [0.05, 0.1) is 12.2 Å². The summed E-state index contributed by atoms with van der Waals surface area (Å²) in [6.07, 6.45) is 15.9. The van der Waals surface area contributed by atoms with Crippen LogP contribution in [0.4, 0.5) is 0 Å². The number of hydrogen-bond acceptors (Lipinski definition) is 3. The largest absolute Gasteiger partial charge is 0.462 e. The number of Topliss-reactive ketones (excluding diaryl/α,β-unsaturated/α-hetero) is 1. The molecule has 8 atom stereocenters. The van der Waals surface area contributed by atoms with E-state index in [2.05, 4.69) is 33.8 Å². The average molecular weight is 505 g/mol. The first-order valence-electron chi connectivity index (χ1n) is 15.2. The zero-order valence-electron chi connectivity index (χ0n) is 23.6. The van der Waals surface area contributed by atoms with E-state index in [1.165, 1.54) is 44.9 Å². The van der Waals surface area contributed by atoms with E-state index in [-0.39, 0.29) is 17.3 Å². The van der Waals surface area contributed by atoms with Crippen molar-refractivity contribution in [3.8, 4) is 0 Å². The van der Waals surface area contributed by atoms with E-state index in [9.17, 15) is 9.59 Å². The van der Waals surface area contributed by atoms with Crippen molar-refractivity contribution in [2.75, 3.05) is 6.61 Å². The quantitative estimate of drug-likeness (QED) is 0.263. The Balaban J connectivity index is 1.16. The van der Waals surface area contributed by atoms with Gasteiger partial charge in [-0.2, -0.15) is 0 Å². The Labute approximate surface area is 224 Å². The Morgan fingerprint density at radius 2 is 1.81 bits per heavy atom. The smallest absolute Gasteiger partial charge is 0.338 e. The van der Waals surface area contributed by atoms with Crippen LogP contribution in [0, 0.1) is 46.3 Å². The van der Waals surface area contributed by atoms with Crippen molar-refractivity contribution in [1.82, 2.24) is 0 Å². The monoisotopic (exact) mass is 504 g/mol. The van der Waals surface area contributed by atoms with Crippen molar-refractivity contribution in [2.24, 2.45) is 46.3 Å². The summed E-state index contributed by atoms with van der Waals surface area (Å²) in [6, 6.07) is 9.24. The Morgan fingerprint density at radius 1 is 1.03 bits per heavy atom. The molecule has 0 amide bonds. The molecule has 3 heteroatoms. The highest BCUT2D eigenvalue weighted by Gasteiger charge is 2.60. The van der Waals surface area contributed by atoms with Crippen LogP contribution in [0.5, 0.6) is 0 Å². The molecule has 0 aromatic heterocycles. The molecule has 0 heterocycles. The first-order valence-corrected chi connectivity index (χ1v) is 15.2. The number of esters is 1. The van der Waals surface area contributed by atoms with Gasteiger partial charge in [0.2, 0.25) is 0 Å². The topological polar surface area (TPSA) is 43.4 Å². The summed E-state index contributed by atoms with van der Waals surface area (Å²) in [5.41, 5.74) is 2.73. The van der Waals surface area contributed by atoms with Gasteiger partial charge in [0, 0.05) is 12.3 Å². The van der Waals surface area contributed by atoms with E-state index in [1.807, 2.05) is 18.2 Å². The minimum absolute atomic E-state index is 0.132. The van der Waals surface area contributed by atoms with Gasteiger partial charge < -0.3 is 4.74 Å². The molecule has 4 aliphatic carbocycles. The molecule has 0 bridgehead atoms. The number of allylic oxidation sites excluding steroid dienone is 2. The van der Waals surface area contributed by atoms with Gasteiger partial charge in [0.15, 0.2) is 0 Å². The standard InChI is InChI=1S/C34H48O3/c1-23(22-37-32(36)25-13-6-5-7-14-25)11-10-12-24(2)29-21-30(35)31-27-17-16-26-15-8-9-19-33(26,3)28(27)18-20-34(29,31)4/h5-7,13-14,17,23-24,26,28-29,31H,8-12,15-16,18-22H2,1-4H3/t23?,24-,26?,28+,29-,31-,33+,34-/m1/s1. The maximum absolute atomic E-state index is 13.6. The van der Waals surface area contributed by atoms with Gasteiger partial charge in [-0.05, 0) is 91.1 Å². The lowest BCUT2D eigenvalue weighted by Gasteiger charge is -2.56. The maximum Gasteiger partial charge on any atom is 0.338 e. The molecule has 0 radical (unpaired) electrons. The predicted molar refractivity (Wildman–Crippen MR) is 149 cm³/mol. The van der Waals surface area contributed by atoms with E-state index in [4.69, 9.17) is 4.74 Å². The van der Waals surface area contributed by atoms with Crippen LogP contribution >= 0.6 is 0 Å². The van der Waals surface area contributed by atoms with Gasteiger partial charge >= 0.3 is 5.97 Å². The van der Waals surface area contributed by atoms with E-state index in [1.54, 1.807) is 17.7 Å². The average Bonchev–Trinajstić information content (AvgIpc) is 3.17. The van der Waals surface area contributed by atoms with Crippen molar-refractivity contribution in [2.45, 2.75) is 98.3 Å². The molecule has 37 heavy (non-hydrogen) atoms. The van der Waals surface area contributed by atoms with Crippen LogP contribution in [0.15, 0.2) is 42.0 Å². The van der Waals surface area contributed by atoms with Crippen LogP contribution in [0.1, 0.15) is 109 Å². The highest BCUT2D eigenvalue weighted by molar-refractivity contribution is 5.89. The number of ketones is 1. The molecule has 3 nitrogen and oxygen atoms in total. The lowest BCUT2D eigenvalue weighted by atomic mass is 9.47. The first kappa shape index (κ1) is 26.7. The lowest BCUT2D eigenvalue weighted by molar-refractivity contribution is -0.122. The lowest BCUT2D eigenvalue weighted by Crippen LogP contribution is -2.49. The van der Waals surface area contributed by atoms with Gasteiger partial charge in [-0.25, -0.2) is 4.79 Å². The molecule has 0 spiro atoms. The zero-order valence-corrected chi connectivity index (χ0v) is 23.6. The van der Waals surface area contributed by atoms with Gasteiger partial charge in [-0.1, -0.05) is 83.2 Å². The zero-order chi connectivity index (χ0) is 26.2. The Kier molecular flexibility index (Phi) is 7.72. The molecule has 3 fully saturated rings. The Morgan fingerprint density at radius 3 is 2.59 bits per heavy atom. The molecule has 1 aromatic carbocycles. The normalized spacial score (nSPS) is 36.5.